The van der Waals surface area contributed by atoms with E-state index in [4.69, 9.17) is 19.7 Å². The van der Waals surface area contributed by atoms with E-state index in [-0.39, 0.29) is 57.1 Å². The van der Waals surface area contributed by atoms with Crippen LogP contribution in [-0.2, 0) is 38.2 Å². The highest BCUT2D eigenvalue weighted by atomic mass is 16.5. The molecular formula is C31H54N3O10. The third-order valence-corrected chi connectivity index (χ3v) is 6.80. The molecule has 5 N–H and O–H groups in total. The number of ether oxygens (including phenoxy) is 2. The number of carbonyl (C=O) groups excluding carboxylic acids is 4. The van der Waals surface area contributed by atoms with Crippen LogP contribution in [0.1, 0.15) is 116 Å². The zero-order valence-electron chi connectivity index (χ0n) is 26.2. The molecule has 0 aromatic rings. The largest absolute Gasteiger partial charge is 0.481 e. The number of carboxylic acid groups (broad SMARTS) is 2. The lowest BCUT2D eigenvalue weighted by Crippen LogP contribution is -2.41. The highest BCUT2D eigenvalue weighted by molar-refractivity contribution is 5.87. The van der Waals surface area contributed by atoms with E-state index in [9.17, 15) is 28.8 Å². The number of rotatable bonds is 32. The van der Waals surface area contributed by atoms with Crippen LogP contribution in [-0.4, -0.2) is 91.7 Å². The van der Waals surface area contributed by atoms with Crippen molar-refractivity contribution in [2.45, 2.75) is 122 Å². The molecule has 0 heterocycles. The average Bonchev–Trinajstić information content (AvgIpc) is 2.98. The fourth-order valence-electron chi connectivity index (χ4n) is 4.31. The predicted octanol–water partition coefficient (Wildman–Crippen LogP) is 3.04. The van der Waals surface area contributed by atoms with Crippen molar-refractivity contribution < 1.29 is 48.5 Å². The lowest BCUT2D eigenvalue weighted by Gasteiger charge is -2.13. The lowest BCUT2D eigenvalue weighted by molar-refractivity contribution is -0.142. The lowest BCUT2D eigenvalue weighted by atomic mass is 10.0. The van der Waals surface area contributed by atoms with Crippen molar-refractivity contribution in [2.75, 3.05) is 39.5 Å². The van der Waals surface area contributed by atoms with Crippen molar-refractivity contribution in [1.82, 2.24) is 16.0 Å². The predicted molar refractivity (Wildman–Crippen MR) is 164 cm³/mol. The molecule has 253 valence electrons. The molecule has 1 atom stereocenters. The maximum Gasteiger partial charge on any atom is 0.326 e. The van der Waals surface area contributed by atoms with E-state index in [2.05, 4.69) is 16.0 Å². The van der Waals surface area contributed by atoms with Gasteiger partial charge in [-0.25, -0.2) is 4.79 Å². The van der Waals surface area contributed by atoms with E-state index in [0.717, 1.165) is 38.5 Å². The van der Waals surface area contributed by atoms with Gasteiger partial charge < -0.3 is 35.6 Å². The van der Waals surface area contributed by atoms with Gasteiger partial charge in [-0.15, -0.1) is 0 Å². The molecule has 13 nitrogen and oxygen atoms in total. The van der Waals surface area contributed by atoms with Crippen LogP contribution in [0.25, 0.3) is 0 Å². The van der Waals surface area contributed by atoms with Gasteiger partial charge in [0, 0.05) is 45.2 Å². The van der Waals surface area contributed by atoms with Gasteiger partial charge >= 0.3 is 11.9 Å². The van der Waals surface area contributed by atoms with Crippen molar-refractivity contribution in [3.8, 4) is 0 Å². The fourth-order valence-corrected chi connectivity index (χ4v) is 4.31. The second kappa shape index (κ2) is 30.0. The highest BCUT2D eigenvalue weighted by Crippen LogP contribution is 2.13. The summed E-state index contributed by atoms with van der Waals surface area (Å²) in [5, 5.41) is 25.4. The van der Waals surface area contributed by atoms with Crippen molar-refractivity contribution in [1.29, 1.82) is 0 Å². The average molecular weight is 629 g/mol. The van der Waals surface area contributed by atoms with Crippen LogP contribution in [0.15, 0.2) is 0 Å². The first kappa shape index (κ1) is 40.9. The zero-order valence-corrected chi connectivity index (χ0v) is 26.2. The standard InChI is InChI=1S/C31H54N3O10/c35-21-13-14-26(31(41)42)34-29(38)18-17-28(37)33-20-23-44-25-24-43-22-19-32-27(36)15-11-9-7-5-3-1-2-4-6-8-10-12-16-30(39)40/h26H,1-20,22-25H2,(H,32,36)(H,33,37)(H,34,38)(H,39,40)(H,41,42)/t26-/m0/s1. The van der Waals surface area contributed by atoms with Gasteiger partial charge in [-0.1, -0.05) is 64.2 Å². The topological polar surface area (TPSA) is 197 Å². The van der Waals surface area contributed by atoms with Crippen molar-refractivity contribution in [2.24, 2.45) is 0 Å². The summed E-state index contributed by atoms with van der Waals surface area (Å²) in [5.41, 5.74) is 0. The first-order chi connectivity index (χ1) is 21.3. The first-order valence-corrected chi connectivity index (χ1v) is 16.0. The molecule has 0 aromatic heterocycles. The molecule has 13 heteroatoms. The van der Waals surface area contributed by atoms with Crippen LogP contribution in [0.2, 0.25) is 0 Å². The van der Waals surface area contributed by atoms with Crippen LogP contribution in [0, 0.1) is 0 Å². The maximum atomic E-state index is 11.9. The molecule has 3 amide bonds. The van der Waals surface area contributed by atoms with E-state index in [1.165, 1.54) is 38.5 Å². The number of unbranched alkanes of at least 4 members (excludes halogenated alkanes) is 11. The molecule has 0 aliphatic rings. The summed E-state index contributed by atoms with van der Waals surface area (Å²) >= 11 is 0. The minimum absolute atomic E-state index is 0.0275. The first-order valence-electron chi connectivity index (χ1n) is 16.0. The number of hydrogen-bond donors (Lipinski definition) is 5. The van der Waals surface area contributed by atoms with Crippen LogP contribution in [0.5, 0.6) is 0 Å². The summed E-state index contributed by atoms with van der Waals surface area (Å²) in [4.78, 5) is 67.3. The number of hydrogen-bond acceptors (Lipinski definition) is 8. The fraction of sp³-hybridized carbons (Fsp3) is 0.806. The van der Waals surface area contributed by atoms with Crippen molar-refractivity contribution >= 4 is 35.9 Å². The Kier molecular flexibility index (Phi) is 27.9. The number of amides is 3. The Morgan fingerprint density at radius 1 is 0.568 bits per heavy atom. The van der Waals surface area contributed by atoms with Crippen molar-refractivity contribution in [3.63, 3.8) is 0 Å². The summed E-state index contributed by atoms with van der Waals surface area (Å²) in [5.74, 6) is -2.88. The normalized spacial score (nSPS) is 11.5. The van der Waals surface area contributed by atoms with Crippen LogP contribution < -0.4 is 16.0 Å². The Labute approximate surface area is 261 Å². The van der Waals surface area contributed by atoms with Gasteiger partial charge in [0.1, 0.15) is 6.04 Å². The summed E-state index contributed by atoms with van der Waals surface area (Å²) < 4.78 is 10.8. The van der Waals surface area contributed by atoms with E-state index < -0.39 is 23.9 Å². The summed E-state index contributed by atoms with van der Waals surface area (Å²) in [7, 11) is 0. The summed E-state index contributed by atoms with van der Waals surface area (Å²) in [6.45, 7) is 2.01. The third-order valence-electron chi connectivity index (χ3n) is 6.80. The molecule has 0 aromatic carbocycles. The molecule has 0 aliphatic carbocycles. The Balaban J connectivity index is 3.44. The smallest absolute Gasteiger partial charge is 0.326 e. The van der Waals surface area contributed by atoms with Crippen LogP contribution in [0.3, 0.4) is 0 Å². The minimum Gasteiger partial charge on any atom is -0.481 e. The number of aliphatic carboxylic acids is 2. The molecule has 0 aliphatic heterocycles. The molecule has 0 bridgehead atoms. The number of carbonyl (C=O) groups is 5. The molecule has 0 spiro atoms. The molecule has 0 fully saturated rings. The zero-order chi connectivity index (χ0) is 32.7. The molecular weight excluding hydrogens is 574 g/mol. The summed E-state index contributed by atoms with van der Waals surface area (Å²) in [6.07, 6.45) is 15.2. The highest BCUT2D eigenvalue weighted by Gasteiger charge is 2.19. The Hall–Kier alpha value is -3.06. The number of carboxylic acids is 2. The number of nitrogens with one attached hydrogen (secondary N) is 3. The van der Waals surface area contributed by atoms with Crippen molar-refractivity contribution in [3.05, 3.63) is 0 Å². The summed E-state index contributed by atoms with van der Waals surface area (Å²) in [6, 6.07) is -1.19. The van der Waals surface area contributed by atoms with E-state index in [0.29, 0.717) is 32.8 Å². The molecule has 44 heavy (non-hydrogen) atoms. The third kappa shape index (κ3) is 29.0. The maximum absolute atomic E-state index is 11.9. The van der Waals surface area contributed by atoms with Gasteiger partial charge in [0.25, 0.3) is 0 Å². The SMILES string of the molecule is O=[C]CC[C@H](NC(=O)CCC(=O)NCCOCCOCCNC(=O)CCCCCCCCCCCCCCC(=O)O)C(=O)O. The van der Waals surface area contributed by atoms with E-state index in [1.54, 1.807) is 6.29 Å². The molecule has 0 rings (SSSR count). The van der Waals surface area contributed by atoms with Gasteiger partial charge in [0.15, 0.2) is 6.29 Å². The minimum atomic E-state index is -1.25. The van der Waals surface area contributed by atoms with E-state index >= 15 is 0 Å². The van der Waals surface area contributed by atoms with Crippen LogP contribution in [0.4, 0.5) is 0 Å². The molecule has 0 unspecified atom stereocenters. The van der Waals surface area contributed by atoms with Gasteiger partial charge in [-0.05, 0) is 19.3 Å². The molecule has 0 saturated carbocycles. The van der Waals surface area contributed by atoms with Crippen LogP contribution >= 0.6 is 0 Å². The van der Waals surface area contributed by atoms with Gasteiger partial charge in [-0.2, -0.15) is 0 Å². The van der Waals surface area contributed by atoms with Gasteiger partial charge in [-0.3, -0.25) is 24.0 Å². The Bertz CT molecular complexity index is 810. The van der Waals surface area contributed by atoms with Gasteiger partial charge in [0.2, 0.25) is 17.7 Å². The van der Waals surface area contributed by atoms with E-state index in [1.807, 2.05) is 0 Å². The second-order valence-electron chi connectivity index (χ2n) is 10.7. The Morgan fingerprint density at radius 2 is 1.00 bits per heavy atom. The van der Waals surface area contributed by atoms with Gasteiger partial charge in [0.05, 0.1) is 26.4 Å². The molecule has 1 radical (unpaired) electrons. The second-order valence-corrected chi connectivity index (χ2v) is 10.7. The monoisotopic (exact) mass is 628 g/mol. The molecule has 0 saturated heterocycles. The Morgan fingerprint density at radius 3 is 1.45 bits per heavy atom. The quantitative estimate of drug-likeness (QED) is 0.0690.